The number of amides is 1. The van der Waals surface area contributed by atoms with E-state index < -0.39 is 10.0 Å². The minimum absolute atomic E-state index is 0.220. The van der Waals surface area contributed by atoms with Crippen molar-refractivity contribution in [3.8, 4) is 11.4 Å². The number of carbonyl (C=O) groups excluding carboxylic acids is 1. The molecule has 0 unspecified atom stereocenters. The van der Waals surface area contributed by atoms with Gasteiger partial charge in [0.25, 0.3) is 5.91 Å². The van der Waals surface area contributed by atoms with Gasteiger partial charge in [0.1, 0.15) is 0 Å². The number of benzene rings is 2. The third kappa shape index (κ3) is 4.21. The van der Waals surface area contributed by atoms with E-state index in [1.807, 2.05) is 42.5 Å². The molecule has 2 heterocycles. The number of aromatic nitrogens is 2. The Morgan fingerprint density at radius 2 is 1.65 bits per heavy atom. The number of para-hydroxylation sites is 1. The molecule has 0 bridgehead atoms. The van der Waals surface area contributed by atoms with E-state index in [9.17, 15) is 13.2 Å². The average Bonchev–Trinajstić information content (AvgIpc) is 3.33. The number of carbonyl (C=O) groups is 1. The number of piperazine rings is 1. The van der Waals surface area contributed by atoms with E-state index in [-0.39, 0.29) is 24.7 Å². The van der Waals surface area contributed by atoms with Gasteiger partial charge in [-0.25, -0.2) is 13.1 Å². The van der Waals surface area contributed by atoms with Crippen LogP contribution in [0, 0.1) is 0 Å². The van der Waals surface area contributed by atoms with Crippen LogP contribution in [0.1, 0.15) is 34.5 Å². The van der Waals surface area contributed by atoms with Gasteiger partial charge in [-0.3, -0.25) is 4.79 Å². The molecule has 0 radical (unpaired) electrons. The standard InChI is InChI=1S/C25H28N4O4S/c1-33-23-18-29(21-9-3-2-4-10-21)26-24(23)25(30)27-13-15-28(16-14-27)34(31,32)22-12-11-19-7-5-6-8-20(19)17-22/h2-4,9-12,17-18H,5-8,13-16H2,1H3. The Balaban J connectivity index is 1.30. The predicted molar refractivity (Wildman–Crippen MR) is 128 cm³/mol. The fraction of sp³-hybridized carbons (Fsp3) is 0.360. The lowest BCUT2D eigenvalue weighted by Crippen LogP contribution is -2.50. The Morgan fingerprint density at radius 1 is 0.941 bits per heavy atom. The maximum atomic E-state index is 13.3. The molecule has 9 heteroatoms. The topological polar surface area (TPSA) is 84.7 Å². The molecule has 1 fully saturated rings. The van der Waals surface area contributed by atoms with Crippen molar-refractivity contribution in [1.29, 1.82) is 0 Å². The predicted octanol–water partition coefficient (Wildman–Crippen LogP) is 2.91. The van der Waals surface area contributed by atoms with Crippen molar-refractivity contribution < 1.29 is 17.9 Å². The van der Waals surface area contributed by atoms with Crippen molar-refractivity contribution in [1.82, 2.24) is 19.0 Å². The fourth-order valence-electron chi connectivity index (χ4n) is 4.67. The van der Waals surface area contributed by atoms with E-state index in [1.165, 1.54) is 17.0 Å². The van der Waals surface area contributed by atoms with Crippen molar-refractivity contribution in [2.24, 2.45) is 0 Å². The number of hydrogen-bond acceptors (Lipinski definition) is 5. The van der Waals surface area contributed by atoms with Crippen LogP contribution in [0.3, 0.4) is 0 Å². The molecule has 34 heavy (non-hydrogen) atoms. The molecule has 1 aromatic heterocycles. The largest absolute Gasteiger partial charge is 0.493 e. The molecule has 1 aliphatic carbocycles. The molecule has 0 saturated carbocycles. The molecule has 0 spiro atoms. The Kier molecular flexibility index (Phi) is 6.14. The Morgan fingerprint density at radius 3 is 2.35 bits per heavy atom. The van der Waals surface area contributed by atoms with Crippen LogP contribution in [0.15, 0.2) is 59.6 Å². The van der Waals surface area contributed by atoms with Gasteiger partial charge in [0.05, 0.1) is 23.9 Å². The summed E-state index contributed by atoms with van der Waals surface area (Å²) in [4.78, 5) is 15.2. The highest BCUT2D eigenvalue weighted by Crippen LogP contribution is 2.27. The fourth-order valence-corrected chi connectivity index (χ4v) is 6.14. The number of methoxy groups -OCH3 is 1. The molecule has 178 valence electrons. The maximum Gasteiger partial charge on any atom is 0.278 e. The van der Waals surface area contributed by atoms with Crippen LogP contribution >= 0.6 is 0 Å². The van der Waals surface area contributed by atoms with Crippen LogP contribution in [0.4, 0.5) is 0 Å². The average molecular weight is 481 g/mol. The first-order valence-corrected chi connectivity index (χ1v) is 13.0. The quantitative estimate of drug-likeness (QED) is 0.561. The van der Waals surface area contributed by atoms with E-state index in [1.54, 1.807) is 21.8 Å². The van der Waals surface area contributed by atoms with Gasteiger partial charge in [-0.2, -0.15) is 9.40 Å². The van der Waals surface area contributed by atoms with Crippen LogP contribution in [-0.2, 0) is 22.9 Å². The normalized spacial score (nSPS) is 16.8. The minimum Gasteiger partial charge on any atom is -0.493 e. The molecule has 2 aromatic carbocycles. The van der Waals surface area contributed by atoms with Gasteiger partial charge in [-0.15, -0.1) is 0 Å². The van der Waals surface area contributed by atoms with Crippen molar-refractivity contribution in [2.75, 3.05) is 33.3 Å². The molecule has 1 amide bonds. The van der Waals surface area contributed by atoms with Crippen LogP contribution in [0.25, 0.3) is 5.69 Å². The zero-order valence-electron chi connectivity index (χ0n) is 19.2. The summed E-state index contributed by atoms with van der Waals surface area (Å²) < 4.78 is 35.0. The molecule has 5 rings (SSSR count). The minimum atomic E-state index is -3.60. The van der Waals surface area contributed by atoms with E-state index in [0.29, 0.717) is 23.7 Å². The number of ether oxygens (including phenoxy) is 1. The highest BCUT2D eigenvalue weighted by molar-refractivity contribution is 7.89. The highest BCUT2D eigenvalue weighted by Gasteiger charge is 2.32. The summed E-state index contributed by atoms with van der Waals surface area (Å²) in [5, 5.41) is 4.45. The van der Waals surface area contributed by atoms with Gasteiger partial charge in [0, 0.05) is 26.2 Å². The van der Waals surface area contributed by atoms with Crippen LogP contribution in [0.2, 0.25) is 0 Å². The first-order valence-electron chi connectivity index (χ1n) is 11.6. The summed E-state index contributed by atoms with van der Waals surface area (Å²) in [5.41, 5.74) is 3.44. The van der Waals surface area contributed by atoms with Crippen molar-refractivity contribution in [2.45, 2.75) is 30.6 Å². The second kappa shape index (κ2) is 9.23. The number of sulfonamides is 1. The zero-order valence-corrected chi connectivity index (χ0v) is 20.0. The third-order valence-electron chi connectivity index (χ3n) is 6.61. The third-order valence-corrected chi connectivity index (χ3v) is 8.50. The van der Waals surface area contributed by atoms with Gasteiger partial charge in [0.2, 0.25) is 10.0 Å². The van der Waals surface area contributed by atoms with E-state index in [4.69, 9.17) is 4.74 Å². The number of fused-ring (bicyclic) bond motifs is 1. The molecule has 8 nitrogen and oxygen atoms in total. The van der Waals surface area contributed by atoms with Gasteiger partial charge < -0.3 is 9.64 Å². The smallest absolute Gasteiger partial charge is 0.278 e. The van der Waals surface area contributed by atoms with Gasteiger partial charge in [0.15, 0.2) is 11.4 Å². The second-order valence-electron chi connectivity index (χ2n) is 8.66. The van der Waals surface area contributed by atoms with Crippen molar-refractivity contribution in [3.05, 3.63) is 71.5 Å². The molecular formula is C25H28N4O4S. The number of nitrogens with zero attached hydrogens (tertiary/aromatic N) is 4. The lowest BCUT2D eigenvalue weighted by Gasteiger charge is -2.34. The van der Waals surface area contributed by atoms with Crippen LogP contribution in [-0.4, -0.2) is 66.6 Å². The summed E-state index contributed by atoms with van der Waals surface area (Å²) in [7, 11) is -2.10. The van der Waals surface area contributed by atoms with Crippen LogP contribution < -0.4 is 4.74 Å². The lowest BCUT2D eigenvalue weighted by molar-refractivity contribution is 0.0688. The molecule has 1 aliphatic heterocycles. The monoisotopic (exact) mass is 480 g/mol. The lowest BCUT2D eigenvalue weighted by atomic mass is 9.92. The molecule has 3 aromatic rings. The SMILES string of the molecule is COc1cn(-c2ccccc2)nc1C(=O)N1CCN(S(=O)(=O)c2ccc3c(c2)CCCC3)CC1. The Hall–Kier alpha value is -3.17. The van der Waals surface area contributed by atoms with Crippen molar-refractivity contribution >= 4 is 15.9 Å². The zero-order chi connectivity index (χ0) is 23.7. The van der Waals surface area contributed by atoms with Gasteiger partial charge >= 0.3 is 0 Å². The number of hydrogen-bond donors (Lipinski definition) is 0. The summed E-state index contributed by atoms with van der Waals surface area (Å²) in [6.45, 7) is 1.08. The van der Waals surface area contributed by atoms with E-state index in [2.05, 4.69) is 5.10 Å². The first-order chi connectivity index (χ1) is 16.5. The Bertz CT molecular complexity index is 1300. The first kappa shape index (κ1) is 22.6. The molecule has 1 saturated heterocycles. The van der Waals surface area contributed by atoms with Crippen molar-refractivity contribution in [3.63, 3.8) is 0 Å². The molecule has 0 atom stereocenters. The summed E-state index contributed by atoms with van der Waals surface area (Å²) in [6, 6.07) is 15.0. The molecule has 2 aliphatic rings. The molecule has 0 N–H and O–H groups in total. The van der Waals surface area contributed by atoms with E-state index >= 15 is 0 Å². The van der Waals surface area contributed by atoms with Gasteiger partial charge in [-0.05, 0) is 61.1 Å². The van der Waals surface area contributed by atoms with E-state index in [0.717, 1.165) is 36.9 Å². The van der Waals surface area contributed by atoms with Gasteiger partial charge in [-0.1, -0.05) is 24.3 Å². The number of rotatable bonds is 5. The van der Waals surface area contributed by atoms with Crippen LogP contribution in [0.5, 0.6) is 5.75 Å². The Labute approximate surface area is 199 Å². The maximum absolute atomic E-state index is 13.3. The second-order valence-corrected chi connectivity index (χ2v) is 10.6. The number of aryl methyl sites for hydroxylation is 2. The summed E-state index contributed by atoms with van der Waals surface area (Å²) >= 11 is 0. The highest BCUT2D eigenvalue weighted by atomic mass is 32.2. The molecular weight excluding hydrogens is 452 g/mol. The summed E-state index contributed by atoms with van der Waals surface area (Å²) in [5.74, 6) is 0.121. The summed E-state index contributed by atoms with van der Waals surface area (Å²) in [6.07, 6.45) is 5.88.